The lowest BCUT2D eigenvalue weighted by Crippen LogP contribution is -2.58. The standard InChI is InChI=1S/C22H37N9O7/c1-11(2)17(31-18(34)13(23)5-6-16(32)33)20(36)30-15(8-12-9-26-10-28-12)19(35)29-14(21(37)38)4-3-7-27-22(24)25/h9-11,13-15,17H,3-8,23H2,1-2H3,(H,26,28)(H,29,35)(H,30,36)(H,31,34)(H,32,33)(H,37,38)(H4,24,25,27). The SMILES string of the molecule is CC(C)C(NC(=O)C(N)CCC(=O)O)C(=O)NC(Cc1cnc[nH]1)C(=O)NC(CCCN=C(N)N)C(=O)O. The number of imidazole rings is 1. The fourth-order valence-corrected chi connectivity index (χ4v) is 3.33. The van der Waals surface area contributed by atoms with E-state index in [0.717, 1.165) is 0 Å². The normalized spacial score (nSPS) is 14.0. The van der Waals surface area contributed by atoms with Crippen LogP contribution in [0.25, 0.3) is 0 Å². The first-order valence-corrected chi connectivity index (χ1v) is 12.0. The van der Waals surface area contributed by atoms with Gasteiger partial charge in [0.2, 0.25) is 17.7 Å². The Morgan fingerprint density at radius 3 is 2.18 bits per heavy atom. The average Bonchev–Trinajstić information content (AvgIpc) is 3.34. The van der Waals surface area contributed by atoms with Gasteiger partial charge in [-0.1, -0.05) is 13.8 Å². The van der Waals surface area contributed by atoms with E-state index >= 15 is 0 Å². The summed E-state index contributed by atoms with van der Waals surface area (Å²) in [7, 11) is 0. The molecule has 38 heavy (non-hydrogen) atoms. The Balaban J connectivity index is 2.98. The van der Waals surface area contributed by atoms with Crippen molar-refractivity contribution in [2.24, 2.45) is 28.1 Å². The number of aromatic nitrogens is 2. The molecule has 4 unspecified atom stereocenters. The van der Waals surface area contributed by atoms with E-state index in [-0.39, 0.29) is 44.6 Å². The highest BCUT2D eigenvalue weighted by molar-refractivity contribution is 5.94. The molecule has 0 saturated heterocycles. The Bertz CT molecular complexity index is 978. The van der Waals surface area contributed by atoms with Gasteiger partial charge in [0.25, 0.3) is 0 Å². The van der Waals surface area contributed by atoms with Crippen LogP contribution in [0.15, 0.2) is 17.5 Å². The minimum Gasteiger partial charge on any atom is -0.481 e. The maximum Gasteiger partial charge on any atom is 0.326 e. The first-order chi connectivity index (χ1) is 17.8. The molecule has 3 amide bonds. The lowest BCUT2D eigenvalue weighted by atomic mass is 10.0. The highest BCUT2D eigenvalue weighted by Crippen LogP contribution is 2.07. The molecule has 1 rings (SSSR count). The molecule has 0 bridgehead atoms. The summed E-state index contributed by atoms with van der Waals surface area (Å²) in [6.07, 6.45) is 2.63. The lowest BCUT2D eigenvalue weighted by molar-refractivity contribution is -0.142. The maximum atomic E-state index is 13.1. The van der Waals surface area contributed by atoms with Crippen molar-refractivity contribution in [3.63, 3.8) is 0 Å². The quantitative estimate of drug-likeness (QED) is 0.0561. The van der Waals surface area contributed by atoms with E-state index in [9.17, 15) is 29.1 Å². The lowest BCUT2D eigenvalue weighted by Gasteiger charge is -2.27. The fourth-order valence-electron chi connectivity index (χ4n) is 3.33. The number of nitrogens with one attached hydrogen (secondary N) is 4. The molecular formula is C22H37N9O7. The van der Waals surface area contributed by atoms with Crippen LogP contribution >= 0.6 is 0 Å². The Hall–Kier alpha value is -4.21. The van der Waals surface area contributed by atoms with Gasteiger partial charge in [-0.3, -0.25) is 24.2 Å². The second-order valence-electron chi connectivity index (χ2n) is 8.96. The number of carboxylic acid groups (broad SMARTS) is 2. The monoisotopic (exact) mass is 539 g/mol. The van der Waals surface area contributed by atoms with Gasteiger partial charge in [0.1, 0.15) is 18.1 Å². The molecule has 16 heteroatoms. The summed E-state index contributed by atoms with van der Waals surface area (Å²) in [4.78, 5) is 71.6. The minimum atomic E-state index is -1.28. The van der Waals surface area contributed by atoms with Gasteiger partial charge in [-0.05, 0) is 25.2 Å². The molecule has 0 saturated carbocycles. The Kier molecular flexibility index (Phi) is 13.2. The van der Waals surface area contributed by atoms with Gasteiger partial charge in [-0.15, -0.1) is 0 Å². The molecule has 0 aromatic carbocycles. The minimum absolute atomic E-state index is 0.0293. The van der Waals surface area contributed by atoms with Gasteiger partial charge in [0.15, 0.2) is 5.96 Å². The first kappa shape index (κ1) is 31.8. The zero-order valence-corrected chi connectivity index (χ0v) is 21.3. The van der Waals surface area contributed by atoms with Crippen molar-refractivity contribution in [2.45, 2.75) is 70.1 Å². The number of amides is 3. The van der Waals surface area contributed by atoms with Crippen LogP contribution in [0.3, 0.4) is 0 Å². The third kappa shape index (κ3) is 11.7. The zero-order chi connectivity index (χ0) is 28.8. The smallest absolute Gasteiger partial charge is 0.326 e. The van der Waals surface area contributed by atoms with Crippen molar-refractivity contribution in [1.29, 1.82) is 0 Å². The first-order valence-electron chi connectivity index (χ1n) is 12.0. The van der Waals surface area contributed by atoms with Crippen LogP contribution in [0.4, 0.5) is 0 Å². The Labute approximate surface area is 219 Å². The van der Waals surface area contributed by atoms with Gasteiger partial charge in [-0.25, -0.2) is 9.78 Å². The Morgan fingerprint density at radius 1 is 1.00 bits per heavy atom. The summed E-state index contributed by atoms with van der Waals surface area (Å²) in [6.45, 7) is 3.49. The Morgan fingerprint density at radius 2 is 1.66 bits per heavy atom. The maximum absolute atomic E-state index is 13.1. The molecule has 0 fully saturated rings. The van der Waals surface area contributed by atoms with E-state index in [4.69, 9.17) is 22.3 Å². The number of aliphatic carboxylic acids is 2. The number of guanidine groups is 1. The summed E-state index contributed by atoms with van der Waals surface area (Å²) in [6, 6.07) is -4.75. The molecule has 0 spiro atoms. The molecule has 4 atom stereocenters. The number of aliphatic imine (C=N–C) groups is 1. The molecule has 0 aliphatic rings. The number of nitrogens with two attached hydrogens (primary N) is 3. The molecular weight excluding hydrogens is 502 g/mol. The third-order valence-corrected chi connectivity index (χ3v) is 5.42. The van der Waals surface area contributed by atoms with Crippen molar-refractivity contribution < 1.29 is 34.2 Å². The van der Waals surface area contributed by atoms with Crippen LogP contribution in [0.5, 0.6) is 0 Å². The number of hydrogen-bond donors (Lipinski definition) is 9. The number of carbonyl (C=O) groups excluding carboxylic acids is 3. The van der Waals surface area contributed by atoms with E-state index in [1.54, 1.807) is 13.8 Å². The molecule has 0 aliphatic heterocycles. The van der Waals surface area contributed by atoms with Gasteiger partial charge in [0.05, 0.1) is 12.4 Å². The van der Waals surface area contributed by atoms with E-state index in [1.807, 2.05) is 0 Å². The van der Waals surface area contributed by atoms with E-state index in [1.165, 1.54) is 12.5 Å². The fraction of sp³-hybridized carbons (Fsp3) is 0.591. The number of hydrogen-bond acceptors (Lipinski definition) is 8. The molecule has 1 aromatic rings. The molecule has 1 aromatic heterocycles. The van der Waals surface area contributed by atoms with Gasteiger partial charge < -0.3 is 48.3 Å². The van der Waals surface area contributed by atoms with Gasteiger partial charge >= 0.3 is 11.9 Å². The summed E-state index contributed by atoms with van der Waals surface area (Å²) in [5.74, 6) is -5.16. The second-order valence-corrected chi connectivity index (χ2v) is 8.96. The topological polar surface area (TPSA) is 281 Å². The predicted octanol–water partition coefficient (Wildman–Crippen LogP) is -2.61. The van der Waals surface area contributed by atoms with Crippen LogP contribution in [0, 0.1) is 5.92 Å². The van der Waals surface area contributed by atoms with Crippen LogP contribution in [0.2, 0.25) is 0 Å². The number of carbonyl (C=O) groups is 5. The molecule has 12 N–H and O–H groups in total. The van der Waals surface area contributed by atoms with E-state index in [2.05, 4.69) is 30.9 Å². The van der Waals surface area contributed by atoms with Gasteiger partial charge in [-0.2, -0.15) is 0 Å². The van der Waals surface area contributed by atoms with Crippen LogP contribution < -0.4 is 33.2 Å². The van der Waals surface area contributed by atoms with Crippen molar-refractivity contribution >= 4 is 35.6 Å². The number of aromatic amines is 1. The molecule has 0 aliphatic carbocycles. The van der Waals surface area contributed by atoms with Gasteiger partial charge in [0, 0.05) is 31.3 Å². The highest BCUT2D eigenvalue weighted by Gasteiger charge is 2.32. The predicted molar refractivity (Wildman–Crippen MR) is 135 cm³/mol. The summed E-state index contributed by atoms with van der Waals surface area (Å²) in [5, 5.41) is 25.8. The number of rotatable bonds is 17. The van der Waals surface area contributed by atoms with Crippen molar-refractivity contribution in [2.75, 3.05) is 6.54 Å². The van der Waals surface area contributed by atoms with Crippen molar-refractivity contribution in [3.8, 4) is 0 Å². The largest absolute Gasteiger partial charge is 0.481 e. The number of nitrogens with zero attached hydrogens (tertiary/aromatic N) is 2. The molecule has 212 valence electrons. The van der Waals surface area contributed by atoms with E-state index in [0.29, 0.717) is 5.69 Å². The van der Waals surface area contributed by atoms with Crippen LogP contribution in [-0.2, 0) is 30.4 Å². The summed E-state index contributed by atoms with van der Waals surface area (Å²) < 4.78 is 0. The second kappa shape index (κ2) is 15.8. The third-order valence-electron chi connectivity index (χ3n) is 5.42. The highest BCUT2D eigenvalue weighted by atomic mass is 16.4. The van der Waals surface area contributed by atoms with Crippen LogP contribution in [-0.4, -0.2) is 86.5 Å². The average molecular weight is 540 g/mol. The van der Waals surface area contributed by atoms with Crippen molar-refractivity contribution in [3.05, 3.63) is 18.2 Å². The molecule has 0 radical (unpaired) electrons. The summed E-state index contributed by atoms with van der Waals surface area (Å²) in [5.41, 5.74) is 16.7. The summed E-state index contributed by atoms with van der Waals surface area (Å²) >= 11 is 0. The molecule has 1 heterocycles. The van der Waals surface area contributed by atoms with Crippen molar-refractivity contribution in [1.82, 2.24) is 25.9 Å². The number of carboxylic acids is 2. The zero-order valence-electron chi connectivity index (χ0n) is 21.3. The number of H-pyrrole nitrogens is 1. The van der Waals surface area contributed by atoms with E-state index < -0.39 is 59.7 Å². The van der Waals surface area contributed by atoms with Crippen LogP contribution in [0.1, 0.15) is 45.2 Å². The molecule has 16 nitrogen and oxygen atoms in total.